The van der Waals surface area contributed by atoms with Crippen molar-refractivity contribution in [1.29, 1.82) is 0 Å². The summed E-state index contributed by atoms with van der Waals surface area (Å²) in [6.07, 6.45) is 4.50. The zero-order valence-corrected chi connectivity index (χ0v) is 16.9. The number of pyridine rings is 1. The number of fused-ring (bicyclic) bond motifs is 1. The number of ether oxygens (including phenoxy) is 2. The standard InChI is InChI=1S/C23H29N3O3/c1-28-20-7-4-5-17(13-20)15-26-16-18(14-22-21(26)9-12-29-22)23(27)25-11-8-19-6-2-3-10-24-19/h2-7,10,13,18,21-22H,8-9,11-12,14-16H2,1H3,(H,25,27)/t18-,21+,22+/m0/s1. The Balaban J connectivity index is 1.37. The number of amides is 1. The molecule has 3 atom stereocenters. The fourth-order valence-corrected chi connectivity index (χ4v) is 4.43. The van der Waals surface area contributed by atoms with Gasteiger partial charge in [0.2, 0.25) is 5.91 Å². The fraction of sp³-hybridized carbons (Fsp3) is 0.478. The average molecular weight is 396 g/mol. The molecule has 0 aliphatic carbocycles. The number of hydrogen-bond donors (Lipinski definition) is 1. The monoisotopic (exact) mass is 395 g/mol. The van der Waals surface area contributed by atoms with E-state index in [4.69, 9.17) is 9.47 Å². The third-order valence-corrected chi connectivity index (χ3v) is 5.91. The summed E-state index contributed by atoms with van der Waals surface area (Å²) in [6.45, 7) is 2.95. The molecule has 0 bridgehead atoms. The molecular formula is C23H29N3O3. The zero-order chi connectivity index (χ0) is 20.1. The number of nitrogens with one attached hydrogen (secondary N) is 1. The molecule has 0 radical (unpaired) electrons. The molecule has 2 aromatic rings. The van der Waals surface area contributed by atoms with Crippen LogP contribution in [-0.4, -0.2) is 54.7 Å². The SMILES string of the molecule is COc1cccc(CN2C[C@@H](C(=O)NCCc3ccccn3)C[C@H]3OCC[C@H]32)c1. The lowest BCUT2D eigenvalue weighted by molar-refractivity contribution is -0.129. The van der Waals surface area contributed by atoms with Gasteiger partial charge in [0.05, 0.1) is 19.1 Å². The Morgan fingerprint density at radius 2 is 2.24 bits per heavy atom. The number of aromatic nitrogens is 1. The van der Waals surface area contributed by atoms with Crippen molar-refractivity contribution in [2.45, 2.75) is 38.0 Å². The quantitative estimate of drug-likeness (QED) is 0.780. The van der Waals surface area contributed by atoms with Gasteiger partial charge < -0.3 is 14.8 Å². The second-order valence-electron chi connectivity index (χ2n) is 7.84. The minimum absolute atomic E-state index is 0.0521. The van der Waals surface area contributed by atoms with Gasteiger partial charge in [-0.05, 0) is 42.7 Å². The van der Waals surface area contributed by atoms with Gasteiger partial charge in [-0.25, -0.2) is 0 Å². The molecule has 0 spiro atoms. The Morgan fingerprint density at radius 3 is 3.07 bits per heavy atom. The van der Waals surface area contributed by atoms with E-state index in [0.717, 1.165) is 50.4 Å². The molecule has 1 amide bonds. The lowest BCUT2D eigenvalue weighted by Gasteiger charge is -2.40. The summed E-state index contributed by atoms with van der Waals surface area (Å²) >= 11 is 0. The number of methoxy groups -OCH3 is 1. The van der Waals surface area contributed by atoms with Crippen LogP contribution in [0.5, 0.6) is 5.75 Å². The van der Waals surface area contributed by atoms with E-state index >= 15 is 0 Å². The van der Waals surface area contributed by atoms with Crippen molar-refractivity contribution < 1.29 is 14.3 Å². The highest BCUT2D eigenvalue weighted by Gasteiger charge is 2.42. The Morgan fingerprint density at radius 1 is 1.31 bits per heavy atom. The van der Waals surface area contributed by atoms with E-state index in [0.29, 0.717) is 12.6 Å². The lowest BCUT2D eigenvalue weighted by atomic mass is 9.89. The van der Waals surface area contributed by atoms with Crippen LogP contribution < -0.4 is 10.1 Å². The number of likely N-dealkylation sites (tertiary alicyclic amines) is 1. The van der Waals surface area contributed by atoms with E-state index in [-0.39, 0.29) is 17.9 Å². The van der Waals surface area contributed by atoms with Gasteiger partial charge in [-0.3, -0.25) is 14.7 Å². The van der Waals surface area contributed by atoms with E-state index in [9.17, 15) is 4.79 Å². The number of nitrogens with zero attached hydrogens (tertiary/aromatic N) is 2. The minimum atomic E-state index is -0.0521. The van der Waals surface area contributed by atoms with Gasteiger partial charge in [-0.2, -0.15) is 0 Å². The Hall–Kier alpha value is -2.44. The van der Waals surface area contributed by atoms with Gasteiger partial charge in [-0.15, -0.1) is 0 Å². The van der Waals surface area contributed by atoms with Crippen LogP contribution in [0.15, 0.2) is 48.7 Å². The number of carbonyl (C=O) groups is 1. The molecule has 6 nitrogen and oxygen atoms in total. The van der Waals surface area contributed by atoms with E-state index in [1.165, 1.54) is 5.56 Å². The van der Waals surface area contributed by atoms with Gasteiger partial charge in [0, 0.05) is 50.6 Å². The summed E-state index contributed by atoms with van der Waals surface area (Å²) < 4.78 is 11.3. The smallest absolute Gasteiger partial charge is 0.224 e. The fourth-order valence-electron chi connectivity index (χ4n) is 4.43. The summed E-state index contributed by atoms with van der Waals surface area (Å²) in [5.41, 5.74) is 2.20. The van der Waals surface area contributed by atoms with Crippen molar-refractivity contribution >= 4 is 5.91 Å². The summed E-state index contributed by atoms with van der Waals surface area (Å²) in [5.74, 6) is 0.928. The zero-order valence-electron chi connectivity index (χ0n) is 16.9. The molecule has 0 saturated carbocycles. The lowest BCUT2D eigenvalue weighted by Crippen LogP contribution is -2.52. The van der Waals surface area contributed by atoms with Gasteiger partial charge >= 0.3 is 0 Å². The number of rotatable bonds is 7. The molecular weight excluding hydrogens is 366 g/mol. The van der Waals surface area contributed by atoms with Crippen LogP contribution in [0.25, 0.3) is 0 Å². The van der Waals surface area contributed by atoms with Crippen LogP contribution in [0, 0.1) is 5.92 Å². The van der Waals surface area contributed by atoms with Gasteiger partial charge in [0.25, 0.3) is 0 Å². The molecule has 1 N–H and O–H groups in total. The predicted molar refractivity (Wildman–Crippen MR) is 111 cm³/mol. The third kappa shape index (κ3) is 4.95. The molecule has 3 heterocycles. The first-order chi connectivity index (χ1) is 14.2. The molecule has 2 aliphatic heterocycles. The van der Waals surface area contributed by atoms with Crippen LogP contribution >= 0.6 is 0 Å². The predicted octanol–water partition coefficient (Wildman–Crippen LogP) is 2.43. The van der Waals surface area contributed by atoms with E-state index in [1.54, 1.807) is 13.3 Å². The Bertz CT molecular complexity index is 814. The van der Waals surface area contributed by atoms with Crippen LogP contribution in [0.2, 0.25) is 0 Å². The summed E-state index contributed by atoms with van der Waals surface area (Å²) in [7, 11) is 1.69. The molecule has 2 fully saturated rings. The van der Waals surface area contributed by atoms with Crippen molar-refractivity contribution in [2.75, 3.05) is 26.8 Å². The van der Waals surface area contributed by atoms with Crippen molar-refractivity contribution in [3.63, 3.8) is 0 Å². The van der Waals surface area contributed by atoms with Crippen molar-refractivity contribution in [2.24, 2.45) is 5.92 Å². The summed E-state index contributed by atoms with van der Waals surface area (Å²) in [6, 6.07) is 14.4. The highest BCUT2D eigenvalue weighted by molar-refractivity contribution is 5.79. The summed E-state index contributed by atoms with van der Waals surface area (Å²) in [4.78, 5) is 19.6. The second kappa shape index (κ2) is 9.37. The largest absolute Gasteiger partial charge is 0.497 e. The van der Waals surface area contributed by atoms with E-state index in [1.807, 2.05) is 30.3 Å². The first-order valence-corrected chi connectivity index (χ1v) is 10.4. The molecule has 1 aromatic carbocycles. The van der Waals surface area contributed by atoms with Gasteiger partial charge in [-0.1, -0.05) is 18.2 Å². The number of benzene rings is 1. The molecule has 6 heteroatoms. The van der Waals surface area contributed by atoms with Gasteiger partial charge in [0.15, 0.2) is 0 Å². The van der Waals surface area contributed by atoms with Crippen LogP contribution in [0.1, 0.15) is 24.1 Å². The normalized spacial score (nSPS) is 24.1. The molecule has 0 unspecified atom stereocenters. The van der Waals surface area contributed by atoms with Crippen molar-refractivity contribution in [1.82, 2.24) is 15.2 Å². The molecule has 154 valence electrons. The third-order valence-electron chi connectivity index (χ3n) is 5.91. The van der Waals surface area contributed by atoms with Crippen LogP contribution in [0.4, 0.5) is 0 Å². The van der Waals surface area contributed by atoms with Crippen molar-refractivity contribution in [3.8, 4) is 5.75 Å². The maximum atomic E-state index is 12.8. The average Bonchev–Trinajstić information content (AvgIpc) is 3.24. The Labute approximate surface area is 172 Å². The highest BCUT2D eigenvalue weighted by atomic mass is 16.5. The molecule has 2 saturated heterocycles. The first-order valence-electron chi connectivity index (χ1n) is 10.4. The summed E-state index contributed by atoms with van der Waals surface area (Å²) in [5, 5.41) is 3.10. The Kier molecular flexibility index (Phi) is 6.42. The number of hydrogen-bond acceptors (Lipinski definition) is 5. The van der Waals surface area contributed by atoms with Crippen molar-refractivity contribution in [3.05, 3.63) is 59.9 Å². The topological polar surface area (TPSA) is 63.7 Å². The number of piperidine rings is 1. The molecule has 2 aliphatic rings. The minimum Gasteiger partial charge on any atom is -0.497 e. The maximum Gasteiger partial charge on any atom is 0.224 e. The molecule has 29 heavy (non-hydrogen) atoms. The highest BCUT2D eigenvalue weighted by Crippen LogP contribution is 2.32. The van der Waals surface area contributed by atoms with E-state index in [2.05, 4.69) is 27.3 Å². The molecule has 1 aromatic heterocycles. The maximum absolute atomic E-state index is 12.8. The second-order valence-corrected chi connectivity index (χ2v) is 7.84. The number of carbonyl (C=O) groups excluding carboxylic acids is 1. The molecule has 4 rings (SSSR count). The van der Waals surface area contributed by atoms with Gasteiger partial charge in [0.1, 0.15) is 5.75 Å². The van der Waals surface area contributed by atoms with E-state index < -0.39 is 0 Å². The van der Waals surface area contributed by atoms with Crippen LogP contribution in [0.3, 0.4) is 0 Å². The first kappa shape index (κ1) is 19.9. The van der Waals surface area contributed by atoms with Crippen LogP contribution in [-0.2, 0) is 22.5 Å².